The molecule has 16 heavy (non-hydrogen) atoms. The average Bonchev–Trinajstić information content (AvgIpc) is 2.29. The molecular weight excluding hydrogens is 202 g/mol. The van der Waals surface area contributed by atoms with Gasteiger partial charge in [-0.25, -0.2) is 0 Å². The number of hydrogen-bond acceptors (Lipinski definition) is 2. The van der Waals surface area contributed by atoms with E-state index in [0.717, 1.165) is 0 Å². The molecule has 3 heteroatoms. The van der Waals surface area contributed by atoms with Gasteiger partial charge in [0, 0.05) is 18.2 Å². The molecule has 1 aliphatic carbocycles. The Morgan fingerprint density at radius 3 is 2.56 bits per heavy atom. The fourth-order valence-corrected chi connectivity index (χ4v) is 2.39. The normalized spacial score (nSPS) is 19.1. The third kappa shape index (κ3) is 3.97. The van der Waals surface area contributed by atoms with Crippen LogP contribution < -0.4 is 5.32 Å². The highest BCUT2D eigenvalue weighted by molar-refractivity contribution is 5.92. The van der Waals surface area contributed by atoms with Crippen LogP contribution in [0.2, 0.25) is 0 Å². The maximum absolute atomic E-state index is 11.6. The summed E-state index contributed by atoms with van der Waals surface area (Å²) in [6, 6.07) is 0.120. The Bertz CT molecular complexity index is 244. The Hall–Kier alpha value is -0.830. The van der Waals surface area contributed by atoms with Gasteiger partial charge in [-0.2, -0.15) is 0 Å². The number of nitrogens with one attached hydrogen (secondary N) is 1. The third-order valence-corrected chi connectivity index (χ3v) is 3.36. The van der Waals surface area contributed by atoms with Crippen LogP contribution in [0.1, 0.15) is 45.4 Å². The van der Waals surface area contributed by atoms with Crippen molar-refractivity contribution in [3.05, 3.63) is 12.2 Å². The van der Waals surface area contributed by atoms with Gasteiger partial charge >= 0.3 is 0 Å². The molecule has 0 aromatic carbocycles. The molecule has 0 aliphatic heterocycles. The molecule has 2 N–H and O–H groups in total. The molecule has 0 radical (unpaired) electrons. The number of aliphatic hydroxyl groups excluding tert-OH is 1. The van der Waals surface area contributed by atoms with E-state index in [1.54, 1.807) is 6.92 Å². The van der Waals surface area contributed by atoms with Crippen LogP contribution in [0.3, 0.4) is 0 Å². The van der Waals surface area contributed by atoms with Gasteiger partial charge in [0.15, 0.2) is 0 Å². The largest absolute Gasteiger partial charge is 0.396 e. The first kappa shape index (κ1) is 13.2. The first-order valence-electron chi connectivity index (χ1n) is 6.22. The number of aliphatic hydroxyl groups is 1. The SMILES string of the molecule is C=C(C)C(=O)NC(CCO)C1CCCCC1. The van der Waals surface area contributed by atoms with E-state index in [2.05, 4.69) is 11.9 Å². The molecule has 1 fully saturated rings. The summed E-state index contributed by atoms with van der Waals surface area (Å²) in [7, 11) is 0. The zero-order valence-corrected chi connectivity index (χ0v) is 10.2. The van der Waals surface area contributed by atoms with Crippen LogP contribution >= 0.6 is 0 Å². The molecule has 0 bridgehead atoms. The Morgan fingerprint density at radius 2 is 2.06 bits per heavy atom. The smallest absolute Gasteiger partial charge is 0.246 e. The molecule has 0 spiro atoms. The molecule has 92 valence electrons. The topological polar surface area (TPSA) is 49.3 Å². The van der Waals surface area contributed by atoms with Crippen molar-refractivity contribution in [1.29, 1.82) is 0 Å². The maximum Gasteiger partial charge on any atom is 0.246 e. The standard InChI is InChI=1S/C13H23NO2/c1-10(2)13(16)14-12(8-9-15)11-6-4-3-5-7-11/h11-12,15H,1,3-9H2,2H3,(H,14,16). The van der Waals surface area contributed by atoms with Crippen molar-refractivity contribution < 1.29 is 9.90 Å². The summed E-state index contributed by atoms with van der Waals surface area (Å²) >= 11 is 0. The third-order valence-electron chi connectivity index (χ3n) is 3.36. The fourth-order valence-electron chi connectivity index (χ4n) is 2.39. The zero-order valence-electron chi connectivity index (χ0n) is 10.2. The van der Waals surface area contributed by atoms with Crippen molar-refractivity contribution in [3.63, 3.8) is 0 Å². The highest BCUT2D eigenvalue weighted by Crippen LogP contribution is 2.27. The molecule has 3 nitrogen and oxygen atoms in total. The van der Waals surface area contributed by atoms with Gasteiger partial charge < -0.3 is 10.4 Å². The Morgan fingerprint density at radius 1 is 1.44 bits per heavy atom. The monoisotopic (exact) mass is 225 g/mol. The Labute approximate surface area is 97.9 Å². The van der Waals surface area contributed by atoms with Gasteiger partial charge in [0.1, 0.15) is 0 Å². The maximum atomic E-state index is 11.6. The van der Waals surface area contributed by atoms with Crippen molar-refractivity contribution in [3.8, 4) is 0 Å². The number of amides is 1. The molecule has 1 atom stereocenters. The molecule has 0 aromatic heterocycles. The molecule has 1 unspecified atom stereocenters. The van der Waals surface area contributed by atoms with Crippen LogP contribution in [-0.4, -0.2) is 23.7 Å². The molecule has 1 aliphatic rings. The first-order valence-corrected chi connectivity index (χ1v) is 6.22. The van der Waals surface area contributed by atoms with E-state index >= 15 is 0 Å². The van der Waals surface area contributed by atoms with Crippen molar-refractivity contribution in [2.75, 3.05) is 6.61 Å². The minimum atomic E-state index is -0.0796. The molecule has 1 amide bonds. The summed E-state index contributed by atoms with van der Waals surface area (Å²) in [6.07, 6.45) is 6.79. The Kier molecular flexibility index (Phi) is 5.53. The lowest BCUT2D eigenvalue weighted by Crippen LogP contribution is -2.41. The number of carbonyl (C=O) groups excluding carboxylic acids is 1. The predicted molar refractivity (Wildman–Crippen MR) is 65.0 cm³/mol. The minimum absolute atomic E-state index is 0.0796. The molecule has 0 saturated heterocycles. The number of rotatable bonds is 5. The van der Waals surface area contributed by atoms with Crippen LogP contribution in [0.4, 0.5) is 0 Å². The summed E-state index contributed by atoms with van der Waals surface area (Å²) < 4.78 is 0. The lowest BCUT2D eigenvalue weighted by molar-refractivity contribution is -0.118. The fraction of sp³-hybridized carbons (Fsp3) is 0.769. The lowest BCUT2D eigenvalue weighted by Gasteiger charge is -2.30. The second-order valence-corrected chi connectivity index (χ2v) is 4.77. The van der Waals surface area contributed by atoms with Crippen LogP contribution in [0.5, 0.6) is 0 Å². The number of carbonyl (C=O) groups is 1. The summed E-state index contributed by atoms with van der Waals surface area (Å²) in [5.74, 6) is 0.452. The van der Waals surface area contributed by atoms with Gasteiger partial charge in [-0.05, 0) is 32.1 Å². The van der Waals surface area contributed by atoms with E-state index in [9.17, 15) is 4.79 Å². The van der Waals surface area contributed by atoms with E-state index in [4.69, 9.17) is 5.11 Å². The van der Waals surface area contributed by atoms with E-state index in [1.807, 2.05) is 0 Å². The van der Waals surface area contributed by atoms with E-state index in [-0.39, 0.29) is 18.6 Å². The van der Waals surface area contributed by atoms with E-state index < -0.39 is 0 Å². The van der Waals surface area contributed by atoms with Crippen molar-refractivity contribution in [1.82, 2.24) is 5.32 Å². The average molecular weight is 225 g/mol. The minimum Gasteiger partial charge on any atom is -0.396 e. The van der Waals surface area contributed by atoms with Gasteiger partial charge in [-0.15, -0.1) is 0 Å². The molecule has 0 aromatic rings. The quantitative estimate of drug-likeness (QED) is 0.703. The van der Waals surface area contributed by atoms with Gasteiger partial charge in [0.25, 0.3) is 0 Å². The molecular formula is C13H23NO2. The van der Waals surface area contributed by atoms with E-state index in [0.29, 0.717) is 17.9 Å². The summed E-state index contributed by atoms with van der Waals surface area (Å²) in [5.41, 5.74) is 0.541. The lowest BCUT2D eigenvalue weighted by atomic mass is 9.82. The van der Waals surface area contributed by atoms with Crippen LogP contribution in [0.25, 0.3) is 0 Å². The Balaban J connectivity index is 2.51. The van der Waals surface area contributed by atoms with Crippen molar-refractivity contribution in [2.45, 2.75) is 51.5 Å². The van der Waals surface area contributed by atoms with Crippen LogP contribution in [-0.2, 0) is 4.79 Å². The summed E-state index contributed by atoms with van der Waals surface area (Å²) in [4.78, 5) is 11.6. The van der Waals surface area contributed by atoms with Crippen LogP contribution in [0.15, 0.2) is 12.2 Å². The summed E-state index contributed by atoms with van der Waals surface area (Å²) in [6.45, 7) is 5.49. The highest BCUT2D eigenvalue weighted by atomic mass is 16.3. The second-order valence-electron chi connectivity index (χ2n) is 4.77. The van der Waals surface area contributed by atoms with Crippen molar-refractivity contribution in [2.24, 2.45) is 5.92 Å². The van der Waals surface area contributed by atoms with Crippen LogP contribution in [0, 0.1) is 5.92 Å². The van der Waals surface area contributed by atoms with Crippen molar-refractivity contribution >= 4 is 5.91 Å². The molecule has 1 rings (SSSR count). The van der Waals surface area contributed by atoms with Gasteiger partial charge in [0.2, 0.25) is 5.91 Å². The van der Waals surface area contributed by atoms with Gasteiger partial charge in [-0.3, -0.25) is 4.79 Å². The first-order chi connectivity index (χ1) is 7.65. The highest BCUT2D eigenvalue weighted by Gasteiger charge is 2.24. The summed E-state index contributed by atoms with van der Waals surface area (Å²) in [5, 5.41) is 12.0. The second kappa shape index (κ2) is 6.69. The number of hydrogen-bond donors (Lipinski definition) is 2. The molecule has 1 saturated carbocycles. The predicted octanol–water partition coefficient (Wildman–Crippen LogP) is 2.01. The van der Waals surface area contributed by atoms with Gasteiger partial charge in [-0.1, -0.05) is 25.8 Å². The van der Waals surface area contributed by atoms with Gasteiger partial charge in [0.05, 0.1) is 0 Å². The van der Waals surface area contributed by atoms with E-state index in [1.165, 1.54) is 32.1 Å². The molecule has 0 heterocycles. The zero-order chi connectivity index (χ0) is 12.0.